The number of thiophene rings is 1. The van der Waals surface area contributed by atoms with Crippen molar-refractivity contribution < 1.29 is 0 Å². The zero-order valence-corrected chi connectivity index (χ0v) is 11.6. The van der Waals surface area contributed by atoms with Gasteiger partial charge in [-0.1, -0.05) is 11.8 Å². The summed E-state index contributed by atoms with van der Waals surface area (Å²) in [5.41, 5.74) is 0. The molecule has 2 nitrogen and oxygen atoms in total. The third kappa shape index (κ3) is 3.81. The van der Waals surface area contributed by atoms with Crippen molar-refractivity contribution in [1.29, 1.82) is 0 Å². The van der Waals surface area contributed by atoms with Crippen LogP contribution in [-0.2, 0) is 6.42 Å². The standard InChI is InChI=1S/C10H13BrN2S2/c11-9-3-2-8(15-9)4-6-13-10-12-5-1-7-14-10/h2-3H,1,4-7H2,(H,12,13). The van der Waals surface area contributed by atoms with E-state index in [-0.39, 0.29) is 0 Å². The second kappa shape index (κ2) is 5.92. The molecule has 0 bridgehead atoms. The number of rotatable bonds is 3. The molecule has 2 heterocycles. The Labute approximate surface area is 107 Å². The van der Waals surface area contributed by atoms with E-state index in [4.69, 9.17) is 0 Å². The van der Waals surface area contributed by atoms with Gasteiger partial charge in [-0.05, 0) is 40.9 Å². The Morgan fingerprint density at radius 1 is 1.47 bits per heavy atom. The van der Waals surface area contributed by atoms with Gasteiger partial charge < -0.3 is 5.32 Å². The highest BCUT2D eigenvalue weighted by Gasteiger charge is 2.04. The molecule has 2 rings (SSSR count). The highest BCUT2D eigenvalue weighted by molar-refractivity contribution is 9.11. The van der Waals surface area contributed by atoms with E-state index < -0.39 is 0 Å². The second-order valence-electron chi connectivity index (χ2n) is 3.27. The molecule has 1 N–H and O–H groups in total. The van der Waals surface area contributed by atoms with Crippen molar-refractivity contribution in [3.8, 4) is 0 Å². The molecule has 0 saturated heterocycles. The van der Waals surface area contributed by atoms with Gasteiger partial charge in [0.15, 0.2) is 5.17 Å². The zero-order valence-electron chi connectivity index (χ0n) is 8.33. The first-order valence-corrected chi connectivity index (χ1v) is 7.59. The van der Waals surface area contributed by atoms with E-state index in [9.17, 15) is 0 Å². The normalized spacial score (nSPS) is 16.2. The first-order chi connectivity index (χ1) is 7.34. The maximum absolute atomic E-state index is 4.43. The van der Waals surface area contributed by atoms with Gasteiger partial charge in [-0.2, -0.15) is 0 Å². The van der Waals surface area contributed by atoms with Crippen molar-refractivity contribution in [2.75, 3.05) is 18.8 Å². The van der Waals surface area contributed by atoms with Gasteiger partial charge in [0.25, 0.3) is 0 Å². The average Bonchev–Trinajstić information content (AvgIpc) is 2.66. The molecule has 15 heavy (non-hydrogen) atoms. The Kier molecular flexibility index (Phi) is 4.53. The van der Waals surface area contributed by atoms with Crippen LogP contribution in [0.5, 0.6) is 0 Å². The molecular weight excluding hydrogens is 292 g/mol. The van der Waals surface area contributed by atoms with Crippen LogP contribution in [-0.4, -0.2) is 24.0 Å². The zero-order chi connectivity index (χ0) is 10.5. The first kappa shape index (κ1) is 11.5. The van der Waals surface area contributed by atoms with Crippen LogP contribution in [0.2, 0.25) is 0 Å². The monoisotopic (exact) mass is 304 g/mol. The van der Waals surface area contributed by atoms with Crippen LogP contribution >= 0.6 is 39.0 Å². The molecule has 82 valence electrons. The smallest absolute Gasteiger partial charge is 0.156 e. The molecule has 0 radical (unpaired) electrons. The van der Waals surface area contributed by atoms with Crippen molar-refractivity contribution in [3.63, 3.8) is 0 Å². The molecule has 0 unspecified atom stereocenters. The van der Waals surface area contributed by atoms with Gasteiger partial charge in [0.1, 0.15) is 0 Å². The summed E-state index contributed by atoms with van der Waals surface area (Å²) in [6.07, 6.45) is 2.30. The van der Waals surface area contributed by atoms with Crippen LogP contribution in [0.4, 0.5) is 0 Å². The van der Waals surface area contributed by atoms with E-state index in [1.165, 1.54) is 20.8 Å². The second-order valence-corrected chi connectivity index (χ2v) is 6.90. The van der Waals surface area contributed by atoms with Crippen LogP contribution in [0.25, 0.3) is 0 Å². The summed E-state index contributed by atoms with van der Waals surface area (Å²) in [7, 11) is 0. The predicted octanol–water partition coefficient (Wildman–Crippen LogP) is 3.14. The van der Waals surface area contributed by atoms with E-state index in [2.05, 4.69) is 38.4 Å². The minimum atomic E-state index is 0.985. The lowest BCUT2D eigenvalue weighted by molar-refractivity contribution is 0.860. The van der Waals surface area contributed by atoms with Crippen LogP contribution in [0.1, 0.15) is 11.3 Å². The number of thioether (sulfide) groups is 1. The molecule has 5 heteroatoms. The number of nitrogens with zero attached hydrogens (tertiary/aromatic N) is 1. The van der Waals surface area contributed by atoms with Crippen LogP contribution < -0.4 is 5.32 Å². The Morgan fingerprint density at radius 2 is 2.40 bits per heavy atom. The molecule has 0 spiro atoms. The summed E-state index contributed by atoms with van der Waals surface area (Å²) in [5, 5.41) is 4.51. The summed E-state index contributed by atoms with van der Waals surface area (Å²) >= 11 is 7.11. The van der Waals surface area contributed by atoms with E-state index >= 15 is 0 Å². The largest absolute Gasteiger partial charge is 0.365 e. The van der Waals surface area contributed by atoms with Gasteiger partial charge in [-0.15, -0.1) is 11.3 Å². The third-order valence-corrected chi connectivity index (χ3v) is 4.80. The molecule has 1 aliphatic rings. The van der Waals surface area contributed by atoms with Crippen LogP contribution in [0, 0.1) is 0 Å². The first-order valence-electron chi connectivity index (χ1n) is 5.00. The van der Waals surface area contributed by atoms with Gasteiger partial charge >= 0.3 is 0 Å². The minimum absolute atomic E-state index is 0.985. The van der Waals surface area contributed by atoms with E-state index in [1.807, 2.05) is 11.8 Å². The van der Waals surface area contributed by atoms with Gasteiger partial charge in [-0.3, -0.25) is 4.99 Å². The lowest BCUT2D eigenvalue weighted by Gasteiger charge is -2.12. The molecule has 1 aromatic rings. The fourth-order valence-electron chi connectivity index (χ4n) is 1.35. The molecular formula is C10H13BrN2S2. The van der Waals surface area contributed by atoms with Gasteiger partial charge in [0, 0.05) is 23.7 Å². The number of hydrogen-bond donors (Lipinski definition) is 1. The molecule has 0 atom stereocenters. The van der Waals surface area contributed by atoms with Crippen molar-refractivity contribution in [2.45, 2.75) is 12.8 Å². The molecule has 0 amide bonds. The number of nitrogens with one attached hydrogen (secondary N) is 1. The summed E-state index contributed by atoms with van der Waals surface area (Å²) in [5.74, 6) is 1.20. The predicted molar refractivity (Wildman–Crippen MR) is 73.1 cm³/mol. The minimum Gasteiger partial charge on any atom is -0.365 e. The molecule has 0 aliphatic carbocycles. The van der Waals surface area contributed by atoms with Crippen molar-refractivity contribution in [3.05, 3.63) is 20.8 Å². The average molecular weight is 305 g/mol. The number of hydrogen-bond acceptors (Lipinski definition) is 4. The fourth-order valence-corrected chi connectivity index (χ4v) is 3.68. The fraction of sp³-hybridized carbons (Fsp3) is 0.500. The summed E-state index contributed by atoms with van der Waals surface area (Å²) in [4.78, 5) is 5.84. The summed E-state index contributed by atoms with van der Waals surface area (Å²) < 4.78 is 1.21. The van der Waals surface area contributed by atoms with Crippen molar-refractivity contribution in [2.24, 2.45) is 4.99 Å². The number of aliphatic imine (C=N–C) groups is 1. The highest BCUT2D eigenvalue weighted by Crippen LogP contribution is 2.22. The lowest BCUT2D eigenvalue weighted by atomic mass is 10.3. The Balaban J connectivity index is 1.72. The molecule has 0 fully saturated rings. The Bertz CT molecular complexity index is 349. The van der Waals surface area contributed by atoms with E-state index in [0.29, 0.717) is 0 Å². The number of halogens is 1. The SMILES string of the molecule is Brc1ccc(CCNC2=NCCCS2)s1. The Hall–Kier alpha value is -0.0000000000000000833. The van der Waals surface area contributed by atoms with Crippen molar-refractivity contribution >= 4 is 44.2 Å². The van der Waals surface area contributed by atoms with Gasteiger partial charge in [0.05, 0.1) is 3.79 Å². The highest BCUT2D eigenvalue weighted by atomic mass is 79.9. The van der Waals surface area contributed by atoms with Gasteiger partial charge in [-0.25, -0.2) is 0 Å². The third-order valence-electron chi connectivity index (χ3n) is 2.07. The maximum atomic E-state index is 4.43. The van der Waals surface area contributed by atoms with Gasteiger partial charge in [0.2, 0.25) is 0 Å². The summed E-state index contributed by atoms with van der Waals surface area (Å²) in [6.45, 7) is 1.97. The number of amidine groups is 1. The van der Waals surface area contributed by atoms with Crippen LogP contribution in [0.15, 0.2) is 20.9 Å². The molecule has 0 aromatic carbocycles. The molecule has 0 saturated carbocycles. The van der Waals surface area contributed by atoms with E-state index in [0.717, 1.165) is 24.7 Å². The molecule has 1 aliphatic heterocycles. The van der Waals surface area contributed by atoms with E-state index in [1.54, 1.807) is 11.3 Å². The molecule has 1 aromatic heterocycles. The summed E-state index contributed by atoms with van der Waals surface area (Å²) in [6, 6.07) is 4.28. The quantitative estimate of drug-likeness (QED) is 0.928. The Morgan fingerprint density at radius 3 is 3.07 bits per heavy atom. The lowest BCUT2D eigenvalue weighted by Crippen LogP contribution is -2.25. The topological polar surface area (TPSA) is 24.4 Å². The van der Waals surface area contributed by atoms with Crippen LogP contribution in [0.3, 0.4) is 0 Å². The van der Waals surface area contributed by atoms with Crippen molar-refractivity contribution in [1.82, 2.24) is 5.32 Å². The maximum Gasteiger partial charge on any atom is 0.156 e.